The second kappa shape index (κ2) is 7.58. The second-order valence-electron chi connectivity index (χ2n) is 7.83. The summed E-state index contributed by atoms with van der Waals surface area (Å²) in [4.78, 5) is 44.9. The lowest BCUT2D eigenvalue weighted by molar-refractivity contribution is -0.145. The minimum atomic E-state index is -0.219. The molecule has 3 fully saturated rings. The molecular formula is C20H28N4O3. The molecule has 0 N–H and O–H groups in total. The van der Waals surface area contributed by atoms with E-state index in [4.69, 9.17) is 0 Å². The lowest BCUT2D eigenvalue weighted by Crippen LogP contribution is -2.51. The van der Waals surface area contributed by atoms with Crippen LogP contribution in [0.4, 0.5) is 5.69 Å². The molecule has 27 heavy (non-hydrogen) atoms. The molecule has 4 rings (SSSR count). The van der Waals surface area contributed by atoms with Crippen LogP contribution >= 0.6 is 0 Å². The largest absolute Gasteiger partial charge is 0.378 e. The summed E-state index contributed by atoms with van der Waals surface area (Å²) < 4.78 is 0. The van der Waals surface area contributed by atoms with E-state index in [0.29, 0.717) is 18.7 Å². The van der Waals surface area contributed by atoms with Crippen LogP contribution in [0.5, 0.6) is 0 Å². The van der Waals surface area contributed by atoms with E-state index in [1.807, 2.05) is 43.3 Å². The molecular weight excluding hydrogens is 344 g/mol. The van der Waals surface area contributed by atoms with E-state index in [1.165, 1.54) is 4.90 Å². The summed E-state index contributed by atoms with van der Waals surface area (Å²) in [5.74, 6) is -0.359. The topological polar surface area (TPSA) is 64.2 Å². The Kier molecular flexibility index (Phi) is 5.39. The molecule has 0 radical (unpaired) electrons. The minimum absolute atomic E-state index is 0.000272. The molecule has 0 aliphatic carbocycles. The van der Waals surface area contributed by atoms with Crippen LogP contribution in [0.3, 0.4) is 0 Å². The van der Waals surface area contributed by atoms with Crippen LogP contribution in [0.15, 0.2) is 24.3 Å². The van der Waals surface area contributed by atoms with Crippen molar-refractivity contribution < 1.29 is 14.4 Å². The van der Waals surface area contributed by atoms with E-state index in [-0.39, 0.29) is 36.2 Å². The van der Waals surface area contributed by atoms with Gasteiger partial charge >= 0.3 is 0 Å². The second-order valence-corrected chi connectivity index (χ2v) is 7.83. The lowest BCUT2D eigenvalue weighted by atomic mass is 9.94. The van der Waals surface area contributed by atoms with Gasteiger partial charge in [0, 0.05) is 58.6 Å². The molecule has 3 aliphatic rings. The smallest absolute Gasteiger partial charge is 0.253 e. The molecule has 3 aliphatic heterocycles. The van der Waals surface area contributed by atoms with E-state index in [1.54, 1.807) is 23.9 Å². The van der Waals surface area contributed by atoms with Crippen molar-refractivity contribution in [2.24, 2.45) is 5.92 Å². The van der Waals surface area contributed by atoms with Gasteiger partial charge in [-0.3, -0.25) is 14.4 Å². The van der Waals surface area contributed by atoms with Gasteiger partial charge in [-0.1, -0.05) is 0 Å². The van der Waals surface area contributed by atoms with E-state index >= 15 is 0 Å². The summed E-state index contributed by atoms with van der Waals surface area (Å²) in [5, 5.41) is 0. The Labute approximate surface area is 160 Å². The Morgan fingerprint density at radius 3 is 2.30 bits per heavy atom. The molecule has 2 atom stereocenters. The maximum Gasteiger partial charge on any atom is 0.253 e. The van der Waals surface area contributed by atoms with Crippen molar-refractivity contribution in [1.82, 2.24) is 14.7 Å². The Morgan fingerprint density at radius 2 is 1.70 bits per heavy atom. The fourth-order valence-electron chi connectivity index (χ4n) is 3.79. The average Bonchev–Trinajstić information content (AvgIpc) is 2.93. The fourth-order valence-corrected chi connectivity index (χ4v) is 3.79. The summed E-state index contributed by atoms with van der Waals surface area (Å²) >= 11 is 0. The number of anilines is 1. The van der Waals surface area contributed by atoms with Gasteiger partial charge in [0.15, 0.2) is 0 Å². The van der Waals surface area contributed by atoms with Crippen LogP contribution in [0, 0.1) is 5.92 Å². The van der Waals surface area contributed by atoms with Crippen molar-refractivity contribution in [2.75, 3.05) is 52.7 Å². The minimum Gasteiger partial charge on any atom is -0.378 e. The highest BCUT2D eigenvalue weighted by molar-refractivity contribution is 5.95. The van der Waals surface area contributed by atoms with Gasteiger partial charge in [-0.2, -0.15) is 0 Å². The first kappa shape index (κ1) is 19.2. The zero-order chi connectivity index (χ0) is 19.7. The van der Waals surface area contributed by atoms with E-state index in [2.05, 4.69) is 0 Å². The Hall–Kier alpha value is -2.57. The molecule has 0 spiro atoms. The first-order chi connectivity index (χ1) is 12.8. The van der Waals surface area contributed by atoms with Crippen LogP contribution in [0.1, 0.15) is 23.2 Å². The molecule has 3 amide bonds. The number of carbonyl (C=O) groups excluding carboxylic acids is 3. The average molecular weight is 372 g/mol. The third-order valence-corrected chi connectivity index (χ3v) is 5.52. The van der Waals surface area contributed by atoms with Crippen molar-refractivity contribution in [3.8, 4) is 0 Å². The highest BCUT2D eigenvalue weighted by atomic mass is 16.2. The van der Waals surface area contributed by atoms with Gasteiger partial charge in [0.25, 0.3) is 5.91 Å². The van der Waals surface area contributed by atoms with Gasteiger partial charge in [0.1, 0.15) is 6.54 Å². The molecule has 146 valence electrons. The van der Waals surface area contributed by atoms with Gasteiger partial charge in [-0.05, 0) is 37.1 Å². The van der Waals surface area contributed by atoms with E-state index in [0.717, 1.165) is 18.5 Å². The zero-order valence-corrected chi connectivity index (χ0v) is 16.5. The molecule has 7 nitrogen and oxygen atoms in total. The number of piperidine rings is 1. The Balaban J connectivity index is 1.76. The highest BCUT2D eigenvalue weighted by Gasteiger charge is 2.42. The molecule has 0 aromatic heterocycles. The third kappa shape index (κ3) is 3.91. The molecule has 7 heteroatoms. The van der Waals surface area contributed by atoms with Gasteiger partial charge < -0.3 is 19.6 Å². The van der Waals surface area contributed by atoms with E-state index in [9.17, 15) is 14.4 Å². The van der Waals surface area contributed by atoms with Crippen LogP contribution in [0.25, 0.3) is 0 Å². The Morgan fingerprint density at radius 1 is 1.04 bits per heavy atom. The highest BCUT2D eigenvalue weighted by Crippen LogP contribution is 2.30. The monoisotopic (exact) mass is 372 g/mol. The van der Waals surface area contributed by atoms with Crippen molar-refractivity contribution in [2.45, 2.75) is 18.9 Å². The molecule has 0 unspecified atom stereocenters. The summed E-state index contributed by atoms with van der Waals surface area (Å²) in [6.45, 7) is 1.00. The molecule has 1 aromatic rings. The van der Waals surface area contributed by atoms with Gasteiger partial charge in [0.2, 0.25) is 11.8 Å². The van der Waals surface area contributed by atoms with Crippen LogP contribution < -0.4 is 4.90 Å². The first-order valence-electron chi connectivity index (χ1n) is 9.35. The number of hydrogen-bond donors (Lipinski definition) is 0. The predicted molar refractivity (Wildman–Crippen MR) is 104 cm³/mol. The predicted octanol–water partition coefficient (Wildman–Crippen LogP) is 0.904. The molecule has 0 saturated carbocycles. The summed E-state index contributed by atoms with van der Waals surface area (Å²) in [5.41, 5.74) is 1.66. The first-order valence-corrected chi connectivity index (χ1v) is 9.35. The molecule has 2 bridgehead atoms. The van der Waals surface area contributed by atoms with Crippen LogP contribution in [-0.2, 0) is 9.59 Å². The van der Waals surface area contributed by atoms with Gasteiger partial charge in [-0.25, -0.2) is 0 Å². The van der Waals surface area contributed by atoms with E-state index < -0.39 is 0 Å². The fraction of sp³-hybridized carbons (Fsp3) is 0.550. The van der Waals surface area contributed by atoms with Crippen LogP contribution in [0.2, 0.25) is 0 Å². The summed E-state index contributed by atoms with van der Waals surface area (Å²) in [7, 11) is 7.29. The van der Waals surface area contributed by atoms with Crippen molar-refractivity contribution in [3.63, 3.8) is 0 Å². The van der Waals surface area contributed by atoms with Crippen molar-refractivity contribution >= 4 is 23.4 Å². The molecule has 3 heterocycles. The number of amides is 3. The normalized spacial score (nSPS) is 21.9. The van der Waals surface area contributed by atoms with Gasteiger partial charge in [-0.15, -0.1) is 0 Å². The number of rotatable bonds is 4. The summed E-state index contributed by atoms with van der Waals surface area (Å²) in [6, 6.07) is 7.42. The van der Waals surface area contributed by atoms with Crippen molar-refractivity contribution in [1.29, 1.82) is 0 Å². The quantitative estimate of drug-likeness (QED) is 0.788. The maximum atomic E-state index is 13.0. The number of carbonyl (C=O) groups is 3. The van der Waals surface area contributed by atoms with Crippen LogP contribution in [-0.4, -0.2) is 86.3 Å². The standard InChI is InChI=1S/C20H28N4O3/c1-21(2)16-8-5-14(6-9-16)19(26)23-11-15-7-10-17(12-23)24(20(15)27)13-18(25)22(3)4/h5-6,8-9,15,17H,7,10-13H2,1-4H3/t15-,17+/m1/s1. The number of hydrogen-bond acceptors (Lipinski definition) is 4. The SMILES string of the molecule is CN(C)C(=O)CN1C(=O)[C@@H]2CC[C@H]1CN(C(=O)c1ccc(N(C)C)cc1)C2. The van der Waals surface area contributed by atoms with Gasteiger partial charge in [0.05, 0.1) is 5.92 Å². The number of benzene rings is 1. The molecule has 3 saturated heterocycles. The maximum absolute atomic E-state index is 13.0. The summed E-state index contributed by atoms with van der Waals surface area (Å²) in [6.07, 6.45) is 1.61. The third-order valence-electron chi connectivity index (χ3n) is 5.52. The van der Waals surface area contributed by atoms with Crippen molar-refractivity contribution in [3.05, 3.63) is 29.8 Å². The Bertz CT molecular complexity index is 729. The lowest BCUT2D eigenvalue weighted by Gasteiger charge is -2.35. The number of fused-ring (bicyclic) bond motifs is 4. The number of nitrogens with zero attached hydrogens (tertiary/aromatic N) is 4. The molecule has 1 aromatic carbocycles. The zero-order valence-electron chi connectivity index (χ0n) is 16.5. The number of likely N-dealkylation sites (N-methyl/N-ethyl adjacent to an activating group) is 1.